The highest BCUT2D eigenvalue weighted by Crippen LogP contribution is 2.33. The van der Waals surface area contributed by atoms with Crippen molar-refractivity contribution in [2.45, 2.75) is 39.2 Å². The minimum atomic E-state index is 0.278. The fourth-order valence-electron chi connectivity index (χ4n) is 2.52. The molecule has 1 aromatic rings. The summed E-state index contributed by atoms with van der Waals surface area (Å²) in [4.78, 5) is 0. The maximum atomic E-state index is 5.68. The van der Waals surface area contributed by atoms with Crippen molar-refractivity contribution in [3.8, 4) is 5.75 Å². The zero-order valence-electron chi connectivity index (χ0n) is 12.9. The second-order valence-corrected chi connectivity index (χ2v) is 5.48. The van der Waals surface area contributed by atoms with Crippen molar-refractivity contribution >= 4 is 0 Å². The van der Waals surface area contributed by atoms with Gasteiger partial charge in [0.15, 0.2) is 0 Å². The van der Waals surface area contributed by atoms with E-state index in [4.69, 9.17) is 10.5 Å². The third-order valence-corrected chi connectivity index (χ3v) is 3.76. The third kappa shape index (κ3) is 3.95. The molecule has 2 atom stereocenters. The summed E-state index contributed by atoms with van der Waals surface area (Å²) in [5, 5.41) is 3.39. The Kier molecular flexibility index (Phi) is 6.32. The number of methoxy groups -OCH3 is 1. The highest BCUT2D eigenvalue weighted by molar-refractivity contribution is 5.41. The summed E-state index contributed by atoms with van der Waals surface area (Å²) in [5.41, 5.74) is 8.20. The van der Waals surface area contributed by atoms with E-state index in [1.54, 1.807) is 7.11 Å². The van der Waals surface area contributed by atoms with Gasteiger partial charge in [-0.15, -0.1) is 0 Å². The number of rotatable bonds is 7. The lowest BCUT2D eigenvalue weighted by Gasteiger charge is -2.26. The molecule has 0 spiro atoms. The predicted octanol–water partition coefficient (Wildman–Crippen LogP) is 3.06. The topological polar surface area (TPSA) is 47.3 Å². The molecule has 0 bridgehead atoms. The molecule has 19 heavy (non-hydrogen) atoms. The highest BCUT2D eigenvalue weighted by atomic mass is 16.5. The standard InChI is InChI=1S/C16H28N2O/c1-11(2)13-6-7-14(15(10-13)19-5)16(18-4)12(3)8-9-17/h6-7,10-12,16,18H,8-9,17H2,1-5H3. The van der Waals surface area contributed by atoms with E-state index in [1.807, 2.05) is 7.05 Å². The Hall–Kier alpha value is -1.06. The van der Waals surface area contributed by atoms with E-state index < -0.39 is 0 Å². The minimum absolute atomic E-state index is 0.278. The van der Waals surface area contributed by atoms with E-state index in [2.05, 4.69) is 44.3 Å². The second-order valence-electron chi connectivity index (χ2n) is 5.48. The van der Waals surface area contributed by atoms with Crippen LogP contribution in [0, 0.1) is 5.92 Å². The quantitative estimate of drug-likeness (QED) is 0.795. The van der Waals surface area contributed by atoms with Crippen molar-refractivity contribution in [1.29, 1.82) is 0 Å². The van der Waals surface area contributed by atoms with Crippen molar-refractivity contribution < 1.29 is 4.74 Å². The van der Waals surface area contributed by atoms with E-state index in [9.17, 15) is 0 Å². The number of hydrogen-bond acceptors (Lipinski definition) is 3. The van der Waals surface area contributed by atoms with Crippen LogP contribution in [0.15, 0.2) is 18.2 Å². The number of nitrogens with two attached hydrogens (primary N) is 1. The molecule has 108 valence electrons. The molecule has 2 unspecified atom stereocenters. The monoisotopic (exact) mass is 264 g/mol. The Bertz CT molecular complexity index is 390. The van der Waals surface area contributed by atoms with E-state index in [0.717, 1.165) is 12.2 Å². The normalized spacial score (nSPS) is 14.5. The van der Waals surface area contributed by atoms with E-state index >= 15 is 0 Å². The summed E-state index contributed by atoms with van der Waals surface area (Å²) in [7, 11) is 3.73. The molecule has 3 N–H and O–H groups in total. The SMILES string of the molecule is CNC(c1ccc(C(C)C)cc1OC)C(C)CCN. The molecule has 0 aliphatic carbocycles. The molecule has 0 heterocycles. The zero-order valence-corrected chi connectivity index (χ0v) is 12.9. The van der Waals surface area contributed by atoms with Gasteiger partial charge in [-0.05, 0) is 43.5 Å². The Morgan fingerprint density at radius 3 is 2.42 bits per heavy atom. The molecule has 0 aliphatic heterocycles. The van der Waals surface area contributed by atoms with Crippen LogP contribution in [0.3, 0.4) is 0 Å². The van der Waals surface area contributed by atoms with Crippen molar-refractivity contribution in [1.82, 2.24) is 5.32 Å². The molecule has 0 saturated heterocycles. The van der Waals surface area contributed by atoms with Gasteiger partial charge in [0.2, 0.25) is 0 Å². The van der Waals surface area contributed by atoms with Gasteiger partial charge in [0.05, 0.1) is 7.11 Å². The molecular formula is C16H28N2O. The first-order chi connectivity index (χ1) is 9.04. The van der Waals surface area contributed by atoms with Crippen LogP contribution in [0.2, 0.25) is 0 Å². The van der Waals surface area contributed by atoms with Crippen LogP contribution < -0.4 is 15.8 Å². The Labute approximate surface area is 117 Å². The fraction of sp³-hybridized carbons (Fsp3) is 0.625. The number of hydrogen-bond donors (Lipinski definition) is 2. The van der Waals surface area contributed by atoms with Crippen LogP contribution >= 0.6 is 0 Å². The van der Waals surface area contributed by atoms with Crippen LogP contribution in [0.1, 0.15) is 50.3 Å². The van der Waals surface area contributed by atoms with Gasteiger partial charge in [-0.2, -0.15) is 0 Å². The van der Waals surface area contributed by atoms with E-state index in [0.29, 0.717) is 18.4 Å². The first kappa shape index (κ1) is 16.0. The number of benzene rings is 1. The highest BCUT2D eigenvalue weighted by Gasteiger charge is 2.21. The van der Waals surface area contributed by atoms with Crippen LogP contribution in [0.5, 0.6) is 5.75 Å². The molecule has 1 aromatic carbocycles. The molecule has 0 amide bonds. The minimum Gasteiger partial charge on any atom is -0.496 e. The summed E-state index contributed by atoms with van der Waals surface area (Å²) in [6.45, 7) is 7.33. The van der Waals surface area contributed by atoms with Gasteiger partial charge in [-0.25, -0.2) is 0 Å². The third-order valence-electron chi connectivity index (χ3n) is 3.76. The average molecular weight is 264 g/mol. The maximum absolute atomic E-state index is 5.68. The lowest BCUT2D eigenvalue weighted by atomic mass is 9.89. The van der Waals surface area contributed by atoms with Crippen LogP contribution in [0.25, 0.3) is 0 Å². The molecular weight excluding hydrogens is 236 g/mol. The van der Waals surface area contributed by atoms with Crippen molar-refractivity contribution in [2.24, 2.45) is 11.7 Å². The summed E-state index contributed by atoms with van der Waals surface area (Å²) < 4.78 is 5.58. The van der Waals surface area contributed by atoms with Gasteiger partial charge in [-0.1, -0.05) is 32.9 Å². The summed E-state index contributed by atoms with van der Waals surface area (Å²) in [6, 6.07) is 6.81. The second kappa shape index (κ2) is 7.51. The molecule has 1 rings (SSSR count). The van der Waals surface area contributed by atoms with E-state index in [-0.39, 0.29) is 6.04 Å². The van der Waals surface area contributed by atoms with Crippen molar-refractivity contribution in [3.63, 3.8) is 0 Å². The molecule has 0 saturated carbocycles. The summed E-state index contributed by atoms with van der Waals surface area (Å²) in [6.07, 6.45) is 1.00. The molecule has 0 radical (unpaired) electrons. The summed E-state index contributed by atoms with van der Waals surface area (Å²) >= 11 is 0. The fourth-order valence-corrected chi connectivity index (χ4v) is 2.52. The first-order valence-electron chi connectivity index (χ1n) is 7.10. The molecule has 0 aliphatic rings. The Morgan fingerprint density at radius 1 is 1.26 bits per heavy atom. The Morgan fingerprint density at radius 2 is 1.95 bits per heavy atom. The van der Waals surface area contributed by atoms with Crippen LogP contribution in [-0.2, 0) is 0 Å². The Balaban J connectivity index is 3.09. The van der Waals surface area contributed by atoms with Crippen molar-refractivity contribution in [3.05, 3.63) is 29.3 Å². The van der Waals surface area contributed by atoms with Gasteiger partial charge in [0.1, 0.15) is 5.75 Å². The van der Waals surface area contributed by atoms with E-state index in [1.165, 1.54) is 11.1 Å². The van der Waals surface area contributed by atoms with Gasteiger partial charge < -0.3 is 15.8 Å². The zero-order chi connectivity index (χ0) is 14.4. The van der Waals surface area contributed by atoms with Crippen LogP contribution in [-0.4, -0.2) is 20.7 Å². The molecule has 0 aromatic heterocycles. The number of ether oxygens (including phenoxy) is 1. The van der Waals surface area contributed by atoms with Gasteiger partial charge in [-0.3, -0.25) is 0 Å². The summed E-state index contributed by atoms with van der Waals surface area (Å²) in [5.74, 6) is 1.96. The number of nitrogens with one attached hydrogen (secondary N) is 1. The average Bonchev–Trinajstić information content (AvgIpc) is 2.40. The smallest absolute Gasteiger partial charge is 0.123 e. The lowest BCUT2D eigenvalue weighted by Crippen LogP contribution is -2.25. The van der Waals surface area contributed by atoms with Crippen molar-refractivity contribution in [2.75, 3.05) is 20.7 Å². The van der Waals surface area contributed by atoms with Crippen LogP contribution in [0.4, 0.5) is 0 Å². The molecule has 3 nitrogen and oxygen atoms in total. The maximum Gasteiger partial charge on any atom is 0.123 e. The van der Waals surface area contributed by atoms with Gasteiger partial charge in [0, 0.05) is 11.6 Å². The first-order valence-corrected chi connectivity index (χ1v) is 7.10. The lowest BCUT2D eigenvalue weighted by molar-refractivity contribution is 0.360. The van der Waals surface area contributed by atoms with Gasteiger partial charge in [0.25, 0.3) is 0 Å². The molecule has 3 heteroatoms. The molecule has 0 fully saturated rings. The largest absolute Gasteiger partial charge is 0.496 e. The predicted molar refractivity (Wildman–Crippen MR) is 81.7 cm³/mol. The van der Waals surface area contributed by atoms with Gasteiger partial charge >= 0.3 is 0 Å².